The van der Waals surface area contributed by atoms with Gasteiger partial charge in [-0.05, 0) is 25.1 Å². The van der Waals surface area contributed by atoms with Crippen molar-refractivity contribution in [2.45, 2.75) is 6.92 Å². The average Bonchev–Trinajstić information content (AvgIpc) is 2.74. The van der Waals surface area contributed by atoms with Gasteiger partial charge in [-0.15, -0.1) is 0 Å². The van der Waals surface area contributed by atoms with E-state index in [-0.39, 0.29) is 0 Å². The molecule has 0 spiro atoms. The van der Waals surface area contributed by atoms with E-state index in [2.05, 4.69) is 5.10 Å². The third-order valence-corrected chi connectivity index (χ3v) is 2.35. The first-order valence-corrected chi connectivity index (χ1v) is 5.00. The van der Waals surface area contributed by atoms with Crippen LogP contribution in [0.1, 0.15) is 5.69 Å². The molecule has 1 aromatic carbocycles. The van der Waals surface area contributed by atoms with E-state index in [1.807, 2.05) is 37.4 Å². The van der Waals surface area contributed by atoms with E-state index in [4.69, 9.17) is 9.47 Å². The Morgan fingerprint density at radius 1 is 1.12 bits per heavy atom. The number of benzene rings is 1. The second-order valence-corrected chi connectivity index (χ2v) is 3.41. The number of rotatable bonds is 3. The first-order valence-electron chi connectivity index (χ1n) is 5.00. The van der Waals surface area contributed by atoms with Crippen LogP contribution < -0.4 is 9.47 Å². The molecule has 1 aromatic heterocycles. The van der Waals surface area contributed by atoms with Gasteiger partial charge in [0.05, 0.1) is 19.9 Å². The highest BCUT2D eigenvalue weighted by molar-refractivity contribution is 5.55. The molecule has 0 aliphatic rings. The van der Waals surface area contributed by atoms with Crippen molar-refractivity contribution in [1.82, 2.24) is 9.78 Å². The van der Waals surface area contributed by atoms with Crippen molar-refractivity contribution < 1.29 is 9.47 Å². The maximum atomic E-state index is 5.35. The zero-order valence-corrected chi connectivity index (χ0v) is 9.60. The van der Waals surface area contributed by atoms with E-state index < -0.39 is 0 Å². The smallest absolute Gasteiger partial charge is 0.186 e. The van der Waals surface area contributed by atoms with Crippen molar-refractivity contribution in [2.75, 3.05) is 14.2 Å². The van der Waals surface area contributed by atoms with Gasteiger partial charge in [-0.25, -0.2) is 4.68 Å². The van der Waals surface area contributed by atoms with Crippen LogP contribution in [0.5, 0.6) is 11.5 Å². The number of para-hydroxylation sites is 1. The Morgan fingerprint density at radius 2 is 1.94 bits per heavy atom. The maximum Gasteiger partial charge on any atom is 0.186 e. The summed E-state index contributed by atoms with van der Waals surface area (Å²) in [5.74, 6) is 1.39. The van der Waals surface area contributed by atoms with Crippen molar-refractivity contribution in [3.05, 3.63) is 36.2 Å². The third kappa shape index (κ3) is 1.74. The fraction of sp³-hybridized carbons (Fsp3) is 0.250. The molecule has 0 N–H and O–H groups in total. The number of hydrogen-bond donors (Lipinski definition) is 0. The van der Waals surface area contributed by atoms with E-state index >= 15 is 0 Å². The van der Waals surface area contributed by atoms with Crippen molar-refractivity contribution >= 4 is 0 Å². The summed E-state index contributed by atoms with van der Waals surface area (Å²) >= 11 is 0. The summed E-state index contributed by atoms with van der Waals surface area (Å²) in [7, 11) is 3.24. The van der Waals surface area contributed by atoms with E-state index in [0.717, 1.165) is 11.4 Å². The van der Waals surface area contributed by atoms with Crippen LogP contribution in [0.15, 0.2) is 30.5 Å². The van der Waals surface area contributed by atoms with Gasteiger partial charge in [0.2, 0.25) is 0 Å². The lowest BCUT2D eigenvalue weighted by Gasteiger charge is -2.12. The number of nitrogens with zero attached hydrogens (tertiary/aromatic N) is 2. The number of ether oxygens (including phenoxy) is 2. The Balaban J connectivity index is 2.56. The largest absolute Gasteiger partial charge is 0.493 e. The summed E-state index contributed by atoms with van der Waals surface area (Å²) in [6.07, 6.45) is 1.90. The molecule has 0 atom stereocenters. The summed E-state index contributed by atoms with van der Waals surface area (Å²) in [6, 6.07) is 7.65. The average molecular weight is 218 g/mol. The molecule has 0 aliphatic carbocycles. The van der Waals surface area contributed by atoms with Crippen LogP contribution in [0, 0.1) is 6.92 Å². The van der Waals surface area contributed by atoms with Gasteiger partial charge in [0, 0.05) is 6.20 Å². The molecule has 4 heteroatoms. The van der Waals surface area contributed by atoms with E-state index in [0.29, 0.717) is 11.5 Å². The van der Waals surface area contributed by atoms with Crippen LogP contribution in [0.4, 0.5) is 0 Å². The van der Waals surface area contributed by atoms with E-state index in [1.54, 1.807) is 18.9 Å². The Hall–Kier alpha value is -1.97. The fourth-order valence-corrected chi connectivity index (χ4v) is 1.60. The summed E-state index contributed by atoms with van der Waals surface area (Å²) < 4.78 is 12.4. The van der Waals surface area contributed by atoms with Crippen molar-refractivity contribution in [2.24, 2.45) is 0 Å². The molecule has 0 saturated heterocycles. The minimum absolute atomic E-state index is 0.688. The molecule has 0 fully saturated rings. The monoisotopic (exact) mass is 218 g/mol. The Labute approximate surface area is 94.4 Å². The van der Waals surface area contributed by atoms with Crippen molar-refractivity contribution in [1.29, 1.82) is 0 Å². The van der Waals surface area contributed by atoms with Crippen LogP contribution in [-0.2, 0) is 0 Å². The zero-order valence-electron chi connectivity index (χ0n) is 9.60. The summed E-state index contributed by atoms with van der Waals surface area (Å²) in [6.45, 7) is 1.95. The van der Waals surface area contributed by atoms with Gasteiger partial charge < -0.3 is 9.47 Å². The molecule has 16 heavy (non-hydrogen) atoms. The third-order valence-electron chi connectivity index (χ3n) is 2.35. The zero-order chi connectivity index (χ0) is 11.5. The molecule has 0 saturated carbocycles. The van der Waals surface area contributed by atoms with Crippen molar-refractivity contribution in [3.63, 3.8) is 0 Å². The van der Waals surface area contributed by atoms with Gasteiger partial charge in [0.25, 0.3) is 0 Å². The molecule has 84 valence electrons. The highest BCUT2D eigenvalue weighted by atomic mass is 16.5. The Morgan fingerprint density at radius 3 is 2.50 bits per heavy atom. The SMILES string of the molecule is COc1cccc(-n2ccc(C)n2)c1OC. The second kappa shape index (κ2) is 4.26. The lowest BCUT2D eigenvalue weighted by Crippen LogP contribution is -2.00. The molecule has 0 radical (unpaired) electrons. The fourth-order valence-electron chi connectivity index (χ4n) is 1.60. The number of aromatic nitrogens is 2. The van der Waals surface area contributed by atoms with Crippen LogP contribution >= 0.6 is 0 Å². The highest BCUT2D eigenvalue weighted by Gasteiger charge is 2.11. The van der Waals surface area contributed by atoms with Gasteiger partial charge >= 0.3 is 0 Å². The Bertz CT molecular complexity index is 492. The number of hydrogen-bond acceptors (Lipinski definition) is 3. The molecule has 4 nitrogen and oxygen atoms in total. The molecule has 0 aliphatic heterocycles. The molecule has 0 bridgehead atoms. The lowest BCUT2D eigenvalue weighted by molar-refractivity contribution is 0.353. The maximum absolute atomic E-state index is 5.35. The van der Waals surface area contributed by atoms with Gasteiger partial charge in [-0.1, -0.05) is 6.07 Å². The predicted molar refractivity (Wildman–Crippen MR) is 61.4 cm³/mol. The lowest BCUT2D eigenvalue weighted by atomic mass is 10.2. The second-order valence-electron chi connectivity index (χ2n) is 3.41. The topological polar surface area (TPSA) is 36.3 Å². The first-order chi connectivity index (χ1) is 7.76. The van der Waals surface area contributed by atoms with Gasteiger partial charge in [0.1, 0.15) is 5.69 Å². The molecular formula is C12H14N2O2. The molecule has 0 unspecified atom stereocenters. The van der Waals surface area contributed by atoms with E-state index in [9.17, 15) is 0 Å². The summed E-state index contributed by atoms with van der Waals surface area (Å²) in [5.41, 5.74) is 1.83. The van der Waals surface area contributed by atoms with E-state index in [1.165, 1.54) is 0 Å². The Kier molecular flexibility index (Phi) is 2.81. The normalized spacial score (nSPS) is 10.2. The highest BCUT2D eigenvalue weighted by Crippen LogP contribution is 2.32. The number of methoxy groups -OCH3 is 2. The molecule has 1 heterocycles. The quantitative estimate of drug-likeness (QED) is 0.792. The molecule has 0 amide bonds. The molecular weight excluding hydrogens is 204 g/mol. The molecule has 2 rings (SSSR count). The van der Waals surface area contributed by atoms with Crippen LogP contribution in [0.2, 0.25) is 0 Å². The predicted octanol–water partition coefficient (Wildman–Crippen LogP) is 2.20. The number of aryl methyl sites for hydroxylation is 1. The van der Waals surface area contributed by atoms with Crippen LogP contribution in [-0.4, -0.2) is 24.0 Å². The minimum Gasteiger partial charge on any atom is -0.493 e. The van der Waals surface area contributed by atoms with Gasteiger partial charge in [-0.3, -0.25) is 0 Å². The standard InChI is InChI=1S/C12H14N2O2/c1-9-7-8-14(13-9)10-5-4-6-11(15-2)12(10)16-3/h4-8H,1-3H3. The van der Waals surface area contributed by atoms with Crippen LogP contribution in [0.25, 0.3) is 5.69 Å². The van der Waals surface area contributed by atoms with Crippen molar-refractivity contribution in [3.8, 4) is 17.2 Å². The first kappa shape index (κ1) is 10.5. The summed E-state index contributed by atoms with van der Waals surface area (Å²) in [5, 5.41) is 4.35. The molecule has 2 aromatic rings. The van der Waals surface area contributed by atoms with Gasteiger partial charge in [0.15, 0.2) is 11.5 Å². The minimum atomic E-state index is 0.688. The summed E-state index contributed by atoms with van der Waals surface area (Å²) in [4.78, 5) is 0. The van der Waals surface area contributed by atoms with Crippen LogP contribution in [0.3, 0.4) is 0 Å². The van der Waals surface area contributed by atoms with Gasteiger partial charge in [-0.2, -0.15) is 5.10 Å².